The van der Waals surface area contributed by atoms with Gasteiger partial charge in [-0.15, -0.1) is 0 Å². The standard InChI is InChI=1S/C18H23F3N2O3S/c1-12-10-13(2)15(11-14(12)22-27(25,26)18(19,20)21)23-9-8-17(16(23)24)6-4-3-5-7-17/h10-11,22H,3-9H2,1-2H3. The van der Waals surface area contributed by atoms with Gasteiger partial charge in [-0.05, 0) is 50.3 Å². The van der Waals surface area contributed by atoms with E-state index in [1.807, 2.05) is 0 Å². The number of amides is 1. The van der Waals surface area contributed by atoms with Crippen molar-refractivity contribution < 1.29 is 26.4 Å². The fraction of sp³-hybridized carbons (Fsp3) is 0.611. The van der Waals surface area contributed by atoms with Crippen molar-refractivity contribution in [2.24, 2.45) is 5.41 Å². The Morgan fingerprint density at radius 3 is 2.26 bits per heavy atom. The number of carbonyl (C=O) groups is 1. The Hall–Kier alpha value is -1.77. The number of halogens is 3. The summed E-state index contributed by atoms with van der Waals surface area (Å²) in [6, 6.07) is 2.94. The van der Waals surface area contributed by atoms with Crippen LogP contribution in [-0.2, 0) is 14.8 Å². The van der Waals surface area contributed by atoms with E-state index in [1.54, 1.807) is 22.6 Å². The van der Waals surface area contributed by atoms with Crippen molar-refractivity contribution in [1.29, 1.82) is 0 Å². The average Bonchev–Trinajstić information content (AvgIpc) is 2.86. The van der Waals surface area contributed by atoms with Crippen LogP contribution in [0.25, 0.3) is 0 Å². The fourth-order valence-electron chi connectivity index (χ4n) is 4.19. The summed E-state index contributed by atoms with van der Waals surface area (Å²) >= 11 is 0. The van der Waals surface area contributed by atoms with Crippen LogP contribution in [0.2, 0.25) is 0 Å². The molecule has 1 saturated heterocycles. The Morgan fingerprint density at radius 2 is 1.67 bits per heavy atom. The summed E-state index contributed by atoms with van der Waals surface area (Å²) in [6.07, 6.45) is 5.51. The van der Waals surface area contributed by atoms with Crippen LogP contribution in [0.5, 0.6) is 0 Å². The molecule has 150 valence electrons. The summed E-state index contributed by atoms with van der Waals surface area (Å²) in [4.78, 5) is 14.7. The molecule has 1 aromatic carbocycles. The Balaban J connectivity index is 1.94. The first-order valence-corrected chi connectivity index (χ1v) is 10.5. The first-order chi connectivity index (χ1) is 12.5. The van der Waals surface area contributed by atoms with E-state index < -0.39 is 15.5 Å². The van der Waals surface area contributed by atoms with Crippen molar-refractivity contribution in [2.45, 2.75) is 57.9 Å². The lowest BCUT2D eigenvalue weighted by Crippen LogP contribution is -2.36. The minimum Gasteiger partial charge on any atom is -0.312 e. The maximum atomic E-state index is 13.1. The zero-order valence-electron chi connectivity index (χ0n) is 15.3. The summed E-state index contributed by atoms with van der Waals surface area (Å²) < 4.78 is 62.7. The van der Waals surface area contributed by atoms with Gasteiger partial charge in [-0.2, -0.15) is 21.6 Å². The zero-order chi connectivity index (χ0) is 20.0. The third-order valence-electron chi connectivity index (χ3n) is 5.71. The first-order valence-electron chi connectivity index (χ1n) is 8.99. The van der Waals surface area contributed by atoms with Gasteiger partial charge in [-0.3, -0.25) is 9.52 Å². The first kappa shape index (κ1) is 20.0. The number of anilines is 2. The minimum atomic E-state index is -5.52. The highest BCUT2D eigenvalue weighted by Gasteiger charge is 2.48. The molecule has 1 saturated carbocycles. The normalized spacial score (nSPS) is 20.3. The molecule has 1 aliphatic heterocycles. The average molecular weight is 404 g/mol. The van der Waals surface area contributed by atoms with Gasteiger partial charge in [-0.1, -0.05) is 25.3 Å². The van der Waals surface area contributed by atoms with Crippen molar-refractivity contribution in [2.75, 3.05) is 16.2 Å². The van der Waals surface area contributed by atoms with Gasteiger partial charge in [0, 0.05) is 12.2 Å². The van der Waals surface area contributed by atoms with E-state index >= 15 is 0 Å². The second-order valence-electron chi connectivity index (χ2n) is 7.55. The van der Waals surface area contributed by atoms with Crippen LogP contribution < -0.4 is 9.62 Å². The van der Waals surface area contributed by atoms with Gasteiger partial charge in [0.25, 0.3) is 0 Å². The molecule has 0 aromatic heterocycles. The minimum absolute atomic E-state index is 0.00113. The highest BCUT2D eigenvalue weighted by atomic mass is 32.2. The Bertz CT molecular complexity index is 859. The molecule has 0 atom stereocenters. The number of hydrogen-bond donors (Lipinski definition) is 1. The van der Waals surface area contributed by atoms with E-state index in [4.69, 9.17) is 0 Å². The monoisotopic (exact) mass is 404 g/mol. The lowest BCUT2D eigenvalue weighted by atomic mass is 9.73. The summed E-state index contributed by atoms with van der Waals surface area (Å²) in [5.41, 5.74) is -4.38. The Morgan fingerprint density at radius 1 is 1.04 bits per heavy atom. The smallest absolute Gasteiger partial charge is 0.312 e. The molecule has 0 bridgehead atoms. The number of rotatable bonds is 3. The number of sulfonamides is 1. The molecular formula is C18H23F3N2O3S. The molecule has 1 amide bonds. The molecule has 9 heteroatoms. The van der Waals surface area contributed by atoms with E-state index in [0.29, 0.717) is 17.8 Å². The van der Waals surface area contributed by atoms with Crippen LogP contribution in [0.3, 0.4) is 0 Å². The van der Waals surface area contributed by atoms with Gasteiger partial charge in [0.2, 0.25) is 5.91 Å². The van der Waals surface area contributed by atoms with Gasteiger partial charge >= 0.3 is 15.5 Å². The maximum absolute atomic E-state index is 13.1. The number of carbonyl (C=O) groups excluding carboxylic acids is 1. The third-order valence-corrected chi connectivity index (χ3v) is 6.80. The molecule has 1 aliphatic carbocycles. The Kier molecular flexibility index (Phi) is 4.95. The molecule has 1 spiro atoms. The fourth-order valence-corrected chi connectivity index (χ4v) is 4.81. The lowest BCUT2D eigenvalue weighted by molar-refractivity contribution is -0.127. The van der Waals surface area contributed by atoms with Crippen molar-refractivity contribution in [1.82, 2.24) is 0 Å². The van der Waals surface area contributed by atoms with Crippen LogP contribution >= 0.6 is 0 Å². The van der Waals surface area contributed by atoms with E-state index in [2.05, 4.69) is 0 Å². The van der Waals surface area contributed by atoms with Gasteiger partial charge in [0.1, 0.15) is 0 Å². The summed E-state index contributed by atoms with van der Waals surface area (Å²) in [5, 5.41) is 0. The van der Waals surface area contributed by atoms with Gasteiger partial charge in [0.15, 0.2) is 0 Å². The molecule has 27 heavy (non-hydrogen) atoms. The largest absolute Gasteiger partial charge is 0.516 e. The van der Waals surface area contributed by atoms with Crippen molar-refractivity contribution in [3.05, 3.63) is 23.3 Å². The highest BCUT2D eigenvalue weighted by Crippen LogP contribution is 2.47. The van der Waals surface area contributed by atoms with Crippen molar-refractivity contribution in [3.8, 4) is 0 Å². The van der Waals surface area contributed by atoms with E-state index in [1.165, 1.54) is 13.0 Å². The molecule has 2 aliphatic rings. The quantitative estimate of drug-likeness (QED) is 0.819. The van der Waals surface area contributed by atoms with Crippen molar-refractivity contribution in [3.63, 3.8) is 0 Å². The molecular weight excluding hydrogens is 381 g/mol. The van der Waals surface area contributed by atoms with E-state index in [9.17, 15) is 26.4 Å². The van der Waals surface area contributed by atoms with Crippen LogP contribution in [0, 0.1) is 19.3 Å². The predicted molar refractivity (Wildman–Crippen MR) is 97.0 cm³/mol. The molecule has 0 unspecified atom stereocenters. The van der Waals surface area contributed by atoms with E-state index in [0.717, 1.165) is 44.1 Å². The summed E-state index contributed by atoms with van der Waals surface area (Å²) in [5.74, 6) is -0.00113. The third kappa shape index (κ3) is 3.53. The molecule has 1 N–H and O–H groups in total. The van der Waals surface area contributed by atoms with Crippen molar-refractivity contribution >= 4 is 27.3 Å². The molecule has 2 fully saturated rings. The van der Waals surface area contributed by atoms with Crippen LogP contribution in [0.1, 0.15) is 49.7 Å². The zero-order valence-corrected chi connectivity index (χ0v) is 16.1. The van der Waals surface area contributed by atoms with E-state index in [-0.39, 0.29) is 17.0 Å². The van der Waals surface area contributed by atoms with Gasteiger partial charge in [-0.25, -0.2) is 0 Å². The molecule has 3 rings (SSSR count). The van der Waals surface area contributed by atoms with Gasteiger partial charge < -0.3 is 4.90 Å². The number of nitrogens with zero attached hydrogens (tertiary/aromatic N) is 1. The molecule has 1 aromatic rings. The Labute approximate surface area is 157 Å². The maximum Gasteiger partial charge on any atom is 0.516 e. The number of hydrogen-bond acceptors (Lipinski definition) is 3. The summed E-state index contributed by atoms with van der Waals surface area (Å²) in [7, 11) is -5.52. The summed E-state index contributed by atoms with van der Waals surface area (Å²) in [6.45, 7) is 3.79. The number of aryl methyl sites for hydroxylation is 2. The molecule has 5 nitrogen and oxygen atoms in total. The SMILES string of the molecule is Cc1cc(C)c(N2CCC3(CCCCC3)C2=O)cc1NS(=O)(=O)C(F)(F)F. The highest BCUT2D eigenvalue weighted by molar-refractivity contribution is 7.93. The number of nitrogens with one attached hydrogen (secondary N) is 1. The molecule has 1 heterocycles. The second-order valence-corrected chi connectivity index (χ2v) is 9.23. The van der Waals surface area contributed by atoms with Crippen LogP contribution in [0.15, 0.2) is 12.1 Å². The van der Waals surface area contributed by atoms with Crippen LogP contribution in [0.4, 0.5) is 24.5 Å². The van der Waals surface area contributed by atoms with Gasteiger partial charge in [0.05, 0.1) is 11.1 Å². The topological polar surface area (TPSA) is 66.5 Å². The second kappa shape index (κ2) is 6.68. The lowest BCUT2D eigenvalue weighted by Gasteiger charge is -2.32. The molecule has 0 radical (unpaired) electrons. The number of benzene rings is 1. The predicted octanol–water partition coefficient (Wildman–Crippen LogP) is 4.25. The van der Waals surface area contributed by atoms with Crippen LogP contribution in [-0.4, -0.2) is 26.4 Å². The number of alkyl halides is 3.